The molecule has 0 amide bonds. The normalized spacial score (nSPS) is 11.4. The number of fused-ring (bicyclic) bond motifs is 1. The van der Waals surface area contributed by atoms with Crippen LogP contribution in [0.25, 0.3) is 34.0 Å². The Morgan fingerprint density at radius 2 is 2.04 bits per heavy atom. The second-order valence-electron chi connectivity index (χ2n) is 5.82. The van der Waals surface area contributed by atoms with Gasteiger partial charge in [0.15, 0.2) is 5.65 Å². The van der Waals surface area contributed by atoms with Gasteiger partial charge in [0, 0.05) is 6.20 Å². The lowest BCUT2D eigenvalue weighted by Gasteiger charge is -2.04. The Hall–Kier alpha value is -3.29. The standard InChI is InChI=1S/C17H16N6O2/c1-10(2)23-16-13(20-22-23)8-11(9-18-16)17-19-15(21-25-17)12-6-4-5-7-14(12)24-3/h4-10H,1-3H3. The number of hydrogen-bond acceptors (Lipinski definition) is 7. The summed E-state index contributed by atoms with van der Waals surface area (Å²) in [6.07, 6.45) is 1.68. The van der Waals surface area contributed by atoms with E-state index in [9.17, 15) is 0 Å². The highest BCUT2D eigenvalue weighted by molar-refractivity contribution is 5.75. The van der Waals surface area contributed by atoms with Crippen molar-refractivity contribution in [3.63, 3.8) is 0 Å². The summed E-state index contributed by atoms with van der Waals surface area (Å²) >= 11 is 0. The maximum atomic E-state index is 5.40. The number of hydrogen-bond donors (Lipinski definition) is 0. The van der Waals surface area contributed by atoms with Crippen LogP contribution < -0.4 is 4.74 Å². The lowest BCUT2D eigenvalue weighted by atomic mass is 10.2. The van der Waals surface area contributed by atoms with Crippen molar-refractivity contribution in [1.29, 1.82) is 0 Å². The van der Waals surface area contributed by atoms with Crippen molar-refractivity contribution in [2.24, 2.45) is 0 Å². The zero-order valence-electron chi connectivity index (χ0n) is 14.0. The molecule has 3 heterocycles. The highest BCUT2D eigenvalue weighted by atomic mass is 16.5. The molecule has 126 valence electrons. The minimum atomic E-state index is 0.184. The number of para-hydroxylation sites is 1. The van der Waals surface area contributed by atoms with Gasteiger partial charge in [-0.25, -0.2) is 9.67 Å². The molecule has 0 saturated heterocycles. The van der Waals surface area contributed by atoms with E-state index in [0.717, 1.165) is 11.2 Å². The summed E-state index contributed by atoms with van der Waals surface area (Å²) in [6, 6.07) is 9.54. The molecule has 0 spiro atoms. The molecule has 25 heavy (non-hydrogen) atoms. The van der Waals surface area contributed by atoms with Crippen LogP contribution in [-0.4, -0.2) is 37.2 Å². The number of aromatic nitrogens is 6. The van der Waals surface area contributed by atoms with Crippen molar-refractivity contribution in [2.75, 3.05) is 7.11 Å². The van der Waals surface area contributed by atoms with E-state index < -0.39 is 0 Å². The van der Waals surface area contributed by atoms with E-state index in [0.29, 0.717) is 28.5 Å². The van der Waals surface area contributed by atoms with E-state index in [1.165, 1.54) is 0 Å². The number of methoxy groups -OCH3 is 1. The van der Waals surface area contributed by atoms with Gasteiger partial charge in [0.1, 0.15) is 11.3 Å². The van der Waals surface area contributed by atoms with E-state index in [4.69, 9.17) is 9.26 Å². The van der Waals surface area contributed by atoms with Gasteiger partial charge in [0.25, 0.3) is 5.89 Å². The summed E-state index contributed by atoms with van der Waals surface area (Å²) in [5.74, 6) is 1.51. The molecular weight excluding hydrogens is 320 g/mol. The Bertz CT molecular complexity index is 1040. The van der Waals surface area contributed by atoms with Crippen molar-refractivity contribution in [3.05, 3.63) is 36.5 Å². The molecular formula is C17H16N6O2. The fourth-order valence-electron chi connectivity index (χ4n) is 2.58. The molecule has 0 aliphatic heterocycles. The minimum Gasteiger partial charge on any atom is -0.496 e. The van der Waals surface area contributed by atoms with Gasteiger partial charge >= 0.3 is 0 Å². The first-order valence-corrected chi connectivity index (χ1v) is 7.86. The average Bonchev–Trinajstić information content (AvgIpc) is 3.28. The fraction of sp³-hybridized carbons (Fsp3) is 0.235. The second kappa shape index (κ2) is 5.97. The molecule has 0 fully saturated rings. The van der Waals surface area contributed by atoms with Gasteiger partial charge < -0.3 is 9.26 Å². The molecule has 0 atom stereocenters. The summed E-state index contributed by atoms with van der Waals surface area (Å²) in [4.78, 5) is 8.90. The third-order valence-corrected chi connectivity index (χ3v) is 3.82. The number of pyridine rings is 1. The Morgan fingerprint density at radius 3 is 2.84 bits per heavy atom. The number of ether oxygens (including phenoxy) is 1. The van der Waals surface area contributed by atoms with Gasteiger partial charge in [0.05, 0.1) is 24.3 Å². The third-order valence-electron chi connectivity index (χ3n) is 3.82. The van der Waals surface area contributed by atoms with Crippen LogP contribution in [0.4, 0.5) is 0 Å². The Morgan fingerprint density at radius 1 is 1.20 bits per heavy atom. The van der Waals surface area contributed by atoms with Crippen molar-refractivity contribution in [3.8, 4) is 28.6 Å². The summed E-state index contributed by atoms with van der Waals surface area (Å²) in [6.45, 7) is 4.06. The van der Waals surface area contributed by atoms with Gasteiger partial charge in [0.2, 0.25) is 5.82 Å². The minimum absolute atomic E-state index is 0.184. The first-order chi connectivity index (χ1) is 12.2. The van der Waals surface area contributed by atoms with Crippen molar-refractivity contribution in [2.45, 2.75) is 19.9 Å². The molecule has 0 aliphatic rings. The highest BCUT2D eigenvalue weighted by Crippen LogP contribution is 2.29. The summed E-state index contributed by atoms with van der Waals surface area (Å²) in [5.41, 5.74) is 2.86. The molecule has 8 heteroatoms. The van der Waals surface area contributed by atoms with Crippen LogP contribution in [0.5, 0.6) is 5.75 Å². The van der Waals surface area contributed by atoms with E-state index in [-0.39, 0.29) is 6.04 Å². The molecule has 3 aromatic heterocycles. The van der Waals surface area contributed by atoms with Gasteiger partial charge in [-0.2, -0.15) is 4.98 Å². The van der Waals surface area contributed by atoms with E-state index in [1.807, 2.05) is 44.2 Å². The molecule has 0 radical (unpaired) electrons. The molecule has 0 unspecified atom stereocenters. The summed E-state index contributed by atoms with van der Waals surface area (Å²) in [7, 11) is 1.61. The van der Waals surface area contributed by atoms with Crippen molar-refractivity contribution in [1.82, 2.24) is 30.1 Å². The first kappa shape index (κ1) is 15.3. The summed E-state index contributed by atoms with van der Waals surface area (Å²) in [5, 5.41) is 12.3. The molecule has 0 bridgehead atoms. The number of nitrogens with zero attached hydrogens (tertiary/aromatic N) is 6. The summed E-state index contributed by atoms with van der Waals surface area (Å²) < 4.78 is 12.5. The maximum absolute atomic E-state index is 5.40. The monoisotopic (exact) mass is 336 g/mol. The molecule has 4 rings (SSSR count). The van der Waals surface area contributed by atoms with Crippen LogP contribution in [0.2, 0.25) is 0 Å². The van der Waals surface area contributed by atoms with Gasteiger partial charge in [-0.15, -0.1) is 5.10 Å². The Kier molecular flexibility index (Phi) is 3.64. The van der Waals surface area contributed by atoms with Crippen LogP contribution >= 0.6 is 0 Å². The van der Waals surface area contributed by atoms with Crippen molar-refractivity contribution >= 4 is 11.2 Å². The van der Waals surface area contributed by atoms with Crippen molar-refractivity contribution < 1.29 is 9.26 Å². The molecule has 1 aromatic carbocycles. The van der Waals surface area contributed by atoms with Gasteiger partial charge in [-0.05, 0) is 32.0 Å². The molecule has 0 saturated carbocycles. The Labute approximate surface area is 143 Å². The predicted octanol–water partition coefficient (Wildman–Crippen LogP) is 3.13. The van der Waals surface area contributed by atoms with Crippen LogP contribution in [0.15, 0.2) is 41.1 Å². The van der Waals surface area contributed by atoms with Gasteiger partial charge in [-0.3, -0.25) is 0 Å². The van der Waals surface area contributed by atoms with E-state index in [2.05, 4.69) is 25.4 Å². The maximum Gasteiger partial charge on any atom is 0.259 e. The van der Waals surface area contributed by atoms with E-state index >= 15 is 0 Å². The predicted molar refractivity (Wildman–Crippen MR) is 91.0 cm³/mol. The SMILES string of the molecule is COc1ccccc1-c1noc(-c2cnc3c(c2)nnn3C(C)C)n1. The first-order valence-electron chi connectivity index (χ1n) is 7.86. The zero-order chi connectivity index (χ0) is 17.4. The molecule has 8 nitrogen and oxygen atoms in total. The zero-order valence-corrected chi connectivity index (χ0v) is 14.0. The van der Waals surface area contributed by atoms with Crippen LogP contribution in [0.3, 0.4) is 0 Å². The largest absolute Gasteiger partial charge is 0.496 e. The van der Waals surface area contributed by atoms with Crippen LogP contribution in [-0.2, 0) is 0 Å². The van der Waals surface area contributed by atoms with Crippen LogP contribution in [0, 0.1) is 0 Å². The lowest BCUT2D eigenvalue weighted by Crippen LogP contribution is -2.03. The second-order valence-corrected chi connectivity index (χ2v) is 5.82. The molecule has 4 aromatic rings. The topological polar surface area (TPSA) is 91.8 Å². The quantitative estimate of drug-likeness (QED) is 0.565. The number of rotatable bonds is 4. The Balaban J connectivity index is 1.74. The molecule has 0 aliphatic carbocycles. The van der Waals surface area contributed by atoms with E-state index in [1.54, 1.807) is 18.0 Å². The van der Waals surface area contributed by atoms with Crippen LogP contribution in [0.1, 0.15) is 19.9 Å². The van der Waals surface area contributed by atoms with Gasteiger partial charge in [-0.1, -0.05) is 22.5 Å². The third kappa shape index (κ3) is 2.61. The number of benzene rings is 1. The average molecular weight is 336 g/mol. The molecule has 0 N–H and O–H groups in total. The fourth-order valence-corrected chi connectivity index (χ4v) is 2.58. The lowest BCUT2D eigenvalue weighted by molar-refractivity contribution is 0.413. The highest BCUT2D eigenvalue weighted by Gasteiger charge is 2.16. The smallest absolute Gasteiger partial charge is 0.259 e.